The summed E-state index contributed by atoms with van der Waals surface area (Å²) in [6.45, 7) is 5.85. The van der Waals surface area contributed by atoms with E-state index in [9.17, 15) is 0 Å². The topological polar surface area (TPSA) is 24.5 Å². The molecule has 0 bridgehead atoms. The van der Waals surface area contributed by atoms with E-state index in [0.29, 0.717) is 0 Å². The van der Waals surface area contributed by atoms with Crippen LogP contribution < -0.4 is 5.43 Å². The monoisotopic (exact) mass is 224 g/mol. The summed E-state index contributed by atoms with van der Waals surface area (Å²) in [5.74, 6) is 1.08. The third-order valence-corrected chi connectivity index (χ3v) is 3.18. The maximum atomic E-state index is 5.54. The Labute approximate surface area is 90.1 Å². The van der Waals surface area contributed by atoms with Gasteiger partial charge in [0.2, 0.25) is 0 Å². The van der Waals surface area contributed by atoms with Gasteiger partial charge in [0.05, 0.1) is 6.54 Å². The van der Waals surface area contributed by atoms with Crippen molar-refractivity contribution in [3.63, 3.8) is 0 Å². The van der Waals surface area contributed by atoms with E-state index in [4.69, 9.17) is 4.74 Å². The molecular formula is C8H20N2OS2. The van der Waals surface area contributed by atoms with Crippen LogP contribution in [0.25, 0.3) is 0 Å². The SMILES string of the molecule is CCOC(CN(NC)SCC)SC. The van der Waals surface area contributed by atoms with Crippen LogP contribution in [0.5, 0.6) is 0 Å². The van der Waals surface area contributed by atoms with Crippen LogP contribution in [0.1, 0.15) is 13.8 Å². The Hall–Kier alpha value is 0.580. The van der Waals surface area contributed by atoms with Crippen molar-refractivity contribution in [3.05, 3.63) is 0 Å². The molecule has 0 heterocycles. The maximum Gasteiger partial charge on any atom is 0.118 e. The molecule has 3 nitrogen and oxygen atoms in total. The summed E-state index contributed by atoms with van der Waals surface area (Å²) in [4.78, 5) is 0. The van der Waals surface area contributed by atoms with Gasteiger partial charge in [-0.1, -0.05) is 18.9 Å². The second-order valence-electron chi connectivity index (χ2n) is 2.32. The Balaban J connectivity index is 3.73. The summed E-state index contributed by atoms with van der Waals surface area (Å²) in [6.07, 6.45) is 2.07. The second kappa shape index (κ2) is 9.15. The standard InChI is InChI=1S/C8H20N2OS2/c1-5-11-8(12-4)7-10(9-3)13-6-2/h8-9H,5-7H2,1-4H3. The van der Waals surface area contributed by atoms with Gasteiger partial charge >= 0.3 is 0 Å². The van der Waals surface area contributed by atoms with Crippen molar-refractivity contribution < 1.29 is 4.74 Å². The zero-order valence-corrected chi connectivity index (χ0v) is 10.5. The smallest absolute Gasteiger partial charge is 0.118 e. The molecule has 0 saturated heterocycles. The highest BCUT2D eigenvalue weighted by Gasteiger charge is 2.11. The van der Waals surface area contributed by atoms with Crippen molar-refractivity contribution in [2.24, 2.45) is 0 Å². The van der Waals surface area contributed by atoms with Gasteiger partial charge in [-0.05, 0) is 20.2 Å². The van der Waals surface area contributed by atoms with Crippen LogP contribution in [0.2, 0.25) is 0 Å². The van der Waals surface area contributed by atoms with E-state index in [1.165, 1.54) is 0 Å². The molecular weight excluding hydrogens is 204 g/mol. The van der Waals surface area contributed by atoms with Gasteiger partial charge in [0.25, 0.3) is 0 Å². The lowest BCUT2D eigenvalue weighted by atomic mass is 10.7. The minimum atomic E-state index is 0.261. The zero-order valence-electron chi connectivity index (χ0n) is 8.87. The fraction of sp³-hybridized carbons (Fsp3) is 1.00. The number of hydrogen-bond donors (Lipinski definition) is 1. The fourth-order valence-electron chi connectivity index (χ4n) is 0.881. The number of hydrogen-bond acceptors (Lipinski definition) is 5. The third kappa shape index (κ3) is 6.62. The normalized spacial score (nSPS) is 13.6. The van der Waals surface area contributed by atoms with Gasteiger partial charge in [-0.25, -0.2) is 5.43 Å². The van der Waals surface area contributed by atoms with Crippen molar-refractivity contribution >= 4 is 23.7 Å². The van der Waals surface area contributed by atoms with Gasteiger partial charge in [-0.15, -0.1) is 11.8 Å². The highest BCUT2D eigenvalue weighted by atomic mass is 32.2. The molecule has 0 saturated carbocycles. The van der Waals surface area contributed by atoms with E-state index in [1.807, 2.05) is 14.0 Å². The van der Waals surface area contributed by atoms with Gasteiger partial charge in [0.1, 0.15) is 5.44 Å². The number of nitrogens with zero attached hydrogens (tertiary/aromatic N) is 1. The quantitative estimate of drug-likeness (QED) is 0.385. The van der Waals surface area contributed by atoms with Crippen LogP contribution in [0.4, 0.5) is 0 Å². The summed E-state index contributed by atoms with van der Waals surface area (Å²) in [5.41, 5.74) is 3.39. The number of thioether (sulfide) groups is 1. The largest absolute Gasteiger partial charge is 0.366 e. The molecule has 0 aliphatic carbocycles. The average molecular weight is 224 g/mol. The van der Waals surface area contributed by atoms with Crippen LogP contribution in [0.15, 0.2) is 0 Å². The predicted molar refractivity (Wildman–Crippen MR) is 62.8 cm³/mol. The fourth-order valence-corrected chi connectivity index (χ4v) is 2.23. The molecule has 0 amide bonds. The molecule has 0 aromatic carbocycles. The van der Waals surface area contributed by atoms with Crippen molar-refractivity contribution in [1.29, 1.82) is 0 Å². The van der Waals surface area contributed by atoms with E-state index in [2.05, 4.69) is 23.0 Å². The van der Waals surface area contributed by atoms with Crippen LogP contribution in [0.3, 0.4) is 0 Å². The summed E-state index contributed by atoms with van der Waals surface area (Å²) < 4.78 is 7.65. The first-order valence-electron chi connectivity index (χ1n) is 4.50. The van der Waals surface area contributed by atoms with Crippen molar-refractivity contribution in [1.82, 2.24) is 9.84 Å². The predicted octanol–water partition coefficient (Wildman–Crippen LogP) is 1.82. The van der Waals surface area contributed by atoms with E-state index < -0.39 is 0 Å². The molecule has 0 fully saturated rings. The first-order valence-corrected chi connectivity index (χ1v) is 6.73. The van der Waals surface area contributed by atoms with Gasteiger partial charge in [-0.2, -0.15) is 4.41 Å². The molecule has 0 radical (unpaired) electrons. The molecule has 1 unspecified atom stereocenters. The number of hydrazine groups is 1. The summed E-state index contributed by atoms with van der Waals surface area (Å²) in [7, 11) is 1.94. The Kier molecular flexibility index (Phi) is 9.56. The molecule has 80 valence electrons. The van der Waals surface area contributed by atoms with Crippen LogP contribution in [-0.4, -0.2) is 42.1 Å². The Morgan fingerprint density at radius 1 is 1.46 bits per heavy atom. The summed E-state index contributed by atoms with van der Waals surface area (Å²) in [6, 6.07) is 0. The van der Waals surface area contributed by atoms with Crippen molar-refractivity contribution in [3.8, 4) is 0 Å². The van der Waals surface area contributed by atoms with Crippen LogP contribution in [0, 0.1) is 0 Å². The van der Waals surface area contributed by atoms with E-state index >= 15 is 0 Å². The van der Waals surface area contributed by atoms with E-state index in [0.717, 1.165) is 18.9 Å². The second-order valence-corrected chi connectivity index (χ2v) is 4.60. The molecule has 1 atom stereocenters. The number of rotatable bonds is 8. The van der Waals surface area contributed by atoms with Crippen molar-refractivity contribution in [2.45, 2.75) is 19.3 Å². The summed E-state index contributed by atoms with van der Waals surface area (Å²) >= 11 is 3.52. The average Bonchev–Trinajstić information content (AvgIpc) is 2.16. The first kappa shape index (κ1) is 13.6. The number of nitrogens with one attached hydrogen (secondary N) is 1. The molecule has 5 heteroatoms. The minimum Gasteiger partial charge on any atom is -0.366 e. The molecule has 0 aromatic heterocycles. The highest BCUT2D eigenvalue weighted by Crippen LogP contribution is 2.14. The van der Waals surface area contributed by atoms with Gasteiger partial charge in [0.15, 0.2) is 0 Å². The molecule has 0 aliphatic heterocycles. The molecule has 0 spiro atoms. The molecule has 1 N–H and O–H groups in total. The Bertz CT molecular complexity index is 104. The van der Waals surface area contributed by atoms with Gasteiger partial charge < -0.3 is 4.74 Å². The highest BCUT2D eigenvalue weighted by molar-refractivity contribution is 7.99. The summed E-state index contributed by atoms with van der Waals surface area (Å²) in [5, 5.41) is 0. The zero-order chi connectivity index (χ0) is 10.1. The van der Waals surface area contributed by atoms with Crippen LogP contribution in [-0.2, 0) is 4.74 Å². The molecule has 13 heavy (non-hydrogen) atoms. The minimum absolute atomic E-state index is 0.261. The van der Waals surface area contributed by atoms with Gasteiger partial charge in [0, 0.05) is 12.4 Å². The first-order chi connectivity index (χ1) is 6.28. The number of ether oxygens (including phenoxy) is 1. The van der Waals surface area contributed by atoms with Gasteiger partial charge in [-0.3, -0.25) is 0 Å². The Morgan fingerprint density at radius 3 is 2.54 bits per heavy atom. The molecule has 0 aromatic rings. The lowest BCUT2D eigenvalue weighted by Crippen LogP contribution is -2.35. The lowest BCUT2D eigenvalue weighted by molar-refractivity contribution is 0.105. The van der Waals surface area contributed by atoms with Crippen molar-refractivity contribution in [2.75, 3.05) is 32.2 Å². The molecule has 0 rings (SSSR count). The van der Waals surface area contributed by atoms with E-state index in [1.54, 1.807) is 23.7 Å². The Morgan fingerprint density at radius 2 is 2.15 bits per heavy atom. The maximum absolute atomic E-state index is 5.54. The lowest BCUT2D eigenvalue weighted by Gasteiger charge is -2.23. The third-order valence-electron chi connectivity index (χ3n) is 1.46. The van der Waals surface area contributed by atoms with Crippen LogP contribution >= 0.6 is 23.7 Å². The molecule has 0 aliphatic rings. The van der Waals surface area contributed by atoms with E-state index in [-0.39, 0.29) is 5.44 Å².